The molecule has 0 heterocycles. The summed E-state index contributed by atoms with van der Waals surface area (Å²) in [6, 6.07) is 0. The van der Waals surface area contributed by atoms with Gasteiger partial charge < -0.3 is 5.32 Å². The molecule has 1 amide bonds. The molecule has 2 heteroatoms. The Kier molecular flexibility index (Phi) is 9.38. The molecule has 0 atom stereocenters. The third-order valence-electron chi connectivity index (χ3n) is 1.78. The van der Waals surface area contributed by atoms with Crippen LogP contribution in [0.2, 0.25) is 0 Å². The lowest BCUT2D eigenvalue weighted by Gasteiger charge is -2.03. The first-order valence-corrected chi connectivity index (χ1v) is 5.71. The first-order valence-electron chi connectivity index (χ1n) is 5.71. The van der Waals surface area contributed by atoms with Gasteiger partial charge in [-0.05, 0) is 24.2 Å². The molecule has 0 aromatic carbocycles. The van der Waals surface area contributed by atoms with Crippen LogP contribution in [0.5, 0.6) is 0 Å². The van der Waals surface area contributed by atoms with Gasteiger partial charge in [0.25, 0.3) is 0 Å². The SMILES string of the molecule is C#CC#CCC/C=C/C=CC(=O)NCC(C)C. The second-order valence-electron chi connectivity index (χ2n) is 3.91. The molecule has 2 nitrogen and oxygen atoms in total. The molecular formula is C15H19NO. The highest BCUT2D eigenvalue weighted by Gasteiger charge is 1.95. The van der Waals surface area contributed by atoms with Crippen LogP contribution in [-0.2, 0) is 4.79 Å². The lowest BCUT2D eigenvalue weighted by atomic mass is 10.2. The molecule has 90 valence electrons. The molecule has 0 unspecified atom stereocenters. The zero-order valence-electron chi connectivity index (χ0n) is 10.5. The van der Waals surface area contributed by atoms with Crippen molar-refractivity contribution in [3.8, 4) is 24.2 Å². The van der Waals surface area contributed by atoms with Crippen LogP contribution in [0.4, 0.5) is 0 Å². The summed E-state index contributed by atoms with van der Waals surface area (Å²) in [6.07, 6.45) is 13.6. The molecule has 0 radical (unpaired) electrons. The van der Waals surface area contributed by atoms with E-state index in [1.807, 2.05) is 12.2 Å². The molecule has 0 rings (SSSR count). The summed E-state index contributed by atoms with van der Waals surface area (Å²) in [5, 5.41) is 2.80. The molecule has 0 spiro atoms. The van der Waals surface area contributed by atoms with Gasteiger partial charge in [-0.1, -0.05) is 38.0 Å². The Balaban J connectivity index is 3.68. The number of carbonyl (C=O) groups is 1. The maximum atomic E-state index is 11.2. The fraction of sp³-hybridized carbons (Fsp3) is 0.400. The quantitative estimate of drug-likeness (QED) is 0.322. The highest BCUT2D eigenvalue weighted by molar-refractivity contribution is 5.87. The number of rotatable bonds is 6. The molecule has 0 aromatic heterocycles. The lowest BCUT2D eigenvalue weighted by molar-refractivity contribution is -0.116. The van der Waals surface area contributed by atoms with E-state index < -0.39 is 0 Å². The maximum Gasteiger partial charge on any atom is 0.243 e. The van der Waals surface area contributed by atoms with E-state index in [0.29, 0.717) is 12.5 Å². The summed E-state index contributed by atoms with van der Waals surface area (Å²) in [5.74, 6) is 8.04. The summed E-state index contributed by atoms with van der Waals surface area (Å²) < 4.78 is 0. The standard InChI is InChI=1S/C15H19NO/c1-4-5-6-7-8-9-10-11-12-15(17)16-13-14(2)3/h1,9-12,14H,7-8,13H2,2-3H3,(H,16,17)/b10-9+,12-11?. The van der Waals surface area contributed by atoms with Gasteiger partial charge in [0.15, 0.2) is 0 Å². The van der Waals surface area contributed by atoms with Gasteiger partial charge in [0, 0.05) is 19.0 Å². The Hall–Kier alpha value is -1.93. The van der Waals surface area contributed by atoms with E-state index >= 15 is 0 Å². The van der Waals surface area contributed by atoms with Crippen LogP contribution >= 0.6 is 0 Å². The number of carbonyl (C=O) groups excluding carboxylic acids is 1. The number of terminal acetylenes is 1. The zero-order valence-corrected chi connectivity index (χ0v) is 10.5. The molecule has 0 aromatic rings. The molecule has 17 heavy (non-hydrogen) atoms. The van der Waals surface area contributed by atoms with E-state index in [9.17, 15) is 4.79 Å². The molecular weight excluding hydrogens is 210 g/mol. The summed E-state index contributed by atoms with van der Waals surface area (Å²) in [7, 11) is 0. The molecule has 0 aliphatic rings. The number of unbranched alkanes of at least 4 members (excludes halogenated alkanes) is 1. The molecule has 0 bridgehead atoms. The van der Waals surface area contributed by atoms with E-state index in [-0.39, 0.29) is 5.91 Å². The van der Waals surface area contributed by atoms with Crippen molar-refractivity contribution in [1.29, 1.82) is 0 Å². The second-order valence-corrected chi connectivity index (χ2v) is 3.91. The van der Waals surface area contributed by atoms with Crippen LogP contribution in [0.15, 0.2) is 24.3 Å². The fourth-order valence-corrected chi connectivity index (χ4v) is 0.950. The van der Waals surface area contributed by atoms with Crippen molar-refractivity contribution in [3.05, 3.63) is 24.3 Å². The van der Waals surface area contributed by atoms with E-state index in [0.717, 1.165) is 12.8 Å². The summed E-state index contributed by atoms with van der Waals surface area (Å²) in [4.78, 5) is 11.2. The van der Waals surface area contributed by atoms with Crippen molar-refractivity contribution >= 4 is 5.91 Å². The van der Waals surface area contributed by atoms with Gasteiger partial charge in [-0.3, -0.25) is 4.79 Å². The van der Waals surface area contributed by atoms with E-state index in [4.69, 9.17) is 6.42 Å². The van der Waals surface area contributed by atoms with Gasteiger partial charge in [-0.25, -0.2) is 0 Å². The Morgan fingerprint density at radius 2 is 2.18 bits per heavy atom. The van der Waals surface area contributed by atoms with Gasteiger partial charge in [-0.15, -0.1) is 6.42 Å². The third kappa shape index (κ3) is 12.0. The number of hydrogen-bond donors (Lipinski definition) is 1. The fourth-order valence-electron chi connectivity index (χ4n) is 0.950. The Morgan fingerprint density at radius 1 is 1.41 bits per heavy atom. The minimum absolute atomic E-state index is 0.0597. The number of hydrogen-bond acceptors (Lipinski definition) is 1. The first-order chi connectivity index (χ1) is 8.16. The Labute approximate surface area is 104 Å². The van der Waals surface area contributed by atoms with Crippen molar-refractivity contribution in [2.24, 2.45) is 5.92 Å². The normalized spacial score (nSPS) is 10.2. The van der Waals surface area contributed by atoms with Crippen molar-refractivity contribution in [2.75, 3.05) is 6.54 Å². The van der Waals surface area contributed by atoms with Crippen LogP contribution in [0.1, 0.15) is 26.7 Å². The van der Waals surface area contributed by atoms with Gasteiger partial charge >= 0.3 is 0 Å². The highest BCUT2D eigenvalue weighted by Crippen LogP contribution is 1.90. The van der Waals surface area contributed by atoms with Gasteiger partial charge in [0.05, 0.1) is 0 Å². The average molecular weight is 229 g/mol. The molecule has 0 saturated carbocycles. The minimum Gasteiger partial charge on any atom is -0.352 e. The number of amides is 1. The molecule has 0 aliphatic carbocycles. The van der Waals surface area contributed by atoms with E-state index in [1.54, 1.807) is 6.08 Å². The first kappa shape index (κ1) is 15.1. The zero-order chi connectivity index (χ0) is 12.9. The molecule has 1 N–H and O–H groups in total. The van der Waals surface area contributed by atoms with Crippen molar-refractivity contribution in [2.45, 2.75) is 26.7 Å². The monoisotopic (exact) mass is 229 g/mol. The summed E-state index contributed by atoms with van der Waals surface area (Å²) in [5.41, 5.74) is 0. The van der Waals surface area contributed by atoms with Crippen molar-refractivity contribution in [3.63, 3.8) is 0 Å². The number of allylic oxidation sites excluding steroid dienone is 3. The van der Waals surface area contributed by atoms with Crippen LogP contribution in [0, 0.1) is 30.1 Å². The molecule has 0 fully saturated rings. The topological polar surface area (TPSA) is 29.1 Å². The smallest absolute Gasteiger partial charge is 0.243 e. The Morgan fingerprint density at radius 3 is 2.82 bits per heavy atom. The van der Waals surface area contributed by atoms with Gasteiger partial charge in [-0.2, -0.15) is 0 Å². The van der Waals surface area contributed by atoms with E-state index in [1.165, 1.54) is 6.08 Å². The van der Waals surface area contributed by atoms with Crippen molar-refractivity contribution in [1.82, 2.24) is 5.32 Å². The predicted octanol–water partition coefficient (Wildman–Crippen LogP) is 2.29. The third-order valence-corrected chi connectivity index (χ3v) is 1.78. The summed E-state index contributed by atoms with van der Waals surface area (Å²) >= 11 is 0. The lowest BCUT2D eigenvalue weighted by Crippen LogP contribution is -2.25. The number of nitrogens with one attached hydrogen (secondary N) is 1. The minimum atomic E-state index is -0.0597. The molecule has 0 aliphatic heterocycles. The average Bonchev–Trinajstić information content (AvgIpc) is 2.30. The molecule has 0 saturated heterocycles. The largest absolute Gasteiger partial charge is 0.352 e. The van der Waals surface area contributed by atoms with Crippen molar-refractivity contribution < 1.29 is 4.79 Å². The van der Waals surface area contributed by atoms with Gasteiger partial charge in [0.2, 0.25) is 5.91 Å². The van der Waals surface area contributed by atoms with Crippen LogP contribution in [0.25, 0.3) is 0 Å². The summed E-state index contributed by atoms with van der Waals surface area (Å²) in [6.45, 7) is 4.82. The highest BCUT2D eigenvalue weighted by atomic mass is 16.1. The van der Waals surface area contributed by atoms with E-state index in [2.05, 4.69) is 36.9 Å². The van der Waals surface area contributed by atoms with Crippen LogP contribution in [0.3, 0.4) is 0 Å². The predicted molar refractivity (Wildman–Crippen MR) is 72.0 cm³/mol. The second kappa shape index (κ2) is 10.6. The maximum absolute atomic E-state index is 11.2. The van der Waals surface area contributed by atoms with Gasteiger partial charge in [0.1, 0.15) is 0 Å². The van der Waals surface area contributed by atoms with Crippen LogP contribution < -0.4 is 5.32 Å². The Bertz CT molecular complexity index is 372. The van der Waals surface area contributed by atoms with Crippen LogP contribution in [-0.4, -0.2) is 12.5 Å².